The van der Waals surface area contributed by atoms with Crippen molar-refractivity contribution >= 4 is 23.5 Å². The van der Waals surface area contributed by atoms with Gasteiger partial charge in [-0.25, -0.2) is 0 Å². The van der Waals surface area contributed by atoms with E-state index in [0.29, 0.717) is 17.0 Å². The minimum absolute atomic E-state index is 0.210. The van der Waals surface area contributed by atoms with Crippen molar-refractivity contribution in [1.82, 2.24) is 15.5 Å². The number of hydrogen-bond donors (Lipinski definition) is 2. The molecule has 2 atom stereocenters. The Morgan fingerprint density at radius 1 is 1.32 bits per heavy atom. The van der Waals surface area contributed by atoms with Crippen molar-refractivity contribution in [2.24, 2.45) is 0 Å². The van der Waals surface area contributed by atoms with E-state index in [4.69, 9.17) is 0 Å². The molecule has 0 spiro atoms. The zero-order valence-electron chi connectivity index (χ0n) is 11.3. The van der Waals surface area contributed by atoms with Crippen molar-refractivity contribution in [1.29, 1.82) is 0 Å². The molecule has 2 unspecified atom stereocenters. The first-order valence-electron chi connectivity index (χ1n) is 6.59. The number of thioether (sulfide) groups is 1. The van der Waals surface area contributed by atoms with Gasteiger partial charge in [-0.15, -0.1) is 10.2 Å². The number of rotatable bonds is 4. The van der Waals surface area contributed by atoms with Gasteiger partial charge in [0.2, 0.25) is 0 Å². The van der Waals surface area contributed by atoms with Gasteiger partial charge in [0.05, 0.1) is 0 Å². The van der Waals surface area contributed by atoms with Crippen LogP contribution < -0.4 is 10.6 Å². The molecule has 1 aromatic heterocycles. The van der Waals surface area contributed by atoms with Gasteiger partial charge >= 0.3 is 0 Å². The quantitative estimate of drug-likeness (QED) is 0.882. The van der Waals surface area contributed by atoms with Gasteiger partial charge < -0.3 is 10.6 Å². The van der Waals surface area contributed by atoms with Crippen LogP contribution in [0.4, 0.5) is 5.82 Å². The van der Waals surface area contributed by atoms with E-state index in [0.717, 1.165) is 5.82 Å². The normalized spacial score (nSPS) is 22.8. The summed E-state index contributed by atoms with van der Waals surface area (Å²) in [6.07, 6.45) is 7.15. The Bertz CT molecular complexity index is 423. The molecule has 1 aliphatic carbocycles. The molecule has 19 heavy (non-hydrogen) atoms. The van der Waals surface area contributed by atoms with Crippen molar-refractivity contribution in [2.75, 3.05) is 18.6 Å². The Kier molecular flexibility index (Phi) is 5.01. The molecule has 0 radical (unpaired) electrons. The van der Waals surface area contributed by atoms with E-state index in [1.807, 2.05) is 17.8 Å². The monoisotopic (exact) mass is 280 g/mol. The predicted octanol–water partition coefficient (Wildman–Crippen LogP) is 1.92. The van der Waals surface area contributed by atoms with Crippen LogP contribution in [0.1, 0.15) is 36.2 Å². The predicted molar refractivity (Wildman–Crippen MR) is 78.6 cm³/mol. The van der Waals surface area contributed by atoms with E-state index in [9.17, 15) is 4.79 Å². The van der Waals surface area contributed by atoms with Gasteiger partial charge in [0.1, 0.15) is 5.82 Å². The molecule has 1 aliphatic rings. The lowest BCUT2D eigenvalue weighted by molar-refractivity contribution is 0.0957. The molecule has 2 N–H and O–H groups in total. The van der Waals surface area contributed by atoms with Crippen molar-refractivity contribution in [3.8, 4) is 0 Å². The first-order chi connectivity index (χ1) is 9.24. The average Bonchev–Trinajstić information content (AvgIpc) is 2.48. The number of carbonyl (C=O) groups is 1. The molecule has 0 bridgehead atoms. The summed E-state index contributed by atoms with van der Waals surface area (Å²) in [7, 11) is 1.58. The van der Waals surface area contributed by atoms with Gasteiger partial charge in [-0.3, -0.25) is 4.79 Å². The summed E-state index contributed by atoms with van der Waals surface area (Å²) < 4.78 is 0. The Labute approximate surface area is 118 Å². The van der Waals surface area contributed by atoms with Crippen molar-refractivity contribution in [2.45, 2.75) is 37.0 Å². The molecule has 104 valence electrons. The lowest BCUT2D eigenvalue weighted by Gasteiger charge is -2.31. The second kappa shape index (κ2) is 6.75. The van der Waals surface area contributed by atoms with Crippen LogP contribution >= 0.6 is 11.8 Å². The topological polar surface area (TPSA) is 66.9 Å². The number of hydrogen-bond acceptors (Lipinski definition) is 5. The number of amides is 1. The number of nitrogens with zero attached hydrogens (tertiary/aromatic N) is 2. The summed E-state index contributed by atoms with van der Waals surface area (Å²) in [5.74, 6) is 0.539. The molecule has 6 heteroatoms. The zero-order valence-corrected chi connectivity index (χ0v) is 12.2. The van der Waals surface area contributed by atoms with Gasteiger partial charge in [0.25, 0.3) is 5.91 Å². The summed E-state index contributed by atoms with van der Waals surface area (Å²) >= 11 is 1.91. The third-order valence-corrected chi connectivity index (χ3v) is 4.63. The fourth-order valence-electron chi connectivity index (χ4n) is 2.39. The van der Waals surface area contributed by atoms with E-state index >= 15 is 0 Å². The van der Waals surface area contributed by atoms with Gasteiger partial charge in [0, 0.05) is 18.3 Å². The van der Waals surface area contributed by atoms with E-state index in [2.05, 4.69) is 27.1 Å². The first-order valence-corrected chi connectivity index (χ1v) is 7.88. The van der Waals surface area contributed by atoms with Crippen molar-refractivity contribution in [3.63, 3.8) is 0 Å². The SMILES string of the molecule is CNC(=O)c1ccc(NC2CCCCC2SC)nn1. The molecule has 1 saturated carbocycles. The summed E-state index contributed by atoms with van der Waals surface area (Å²) in [6.45, 7) is 0. The molecule has 0 aromatic carbocycles. The van der Waals surface area contributed by atoms with Crippen LogP contribution in [0.5, 0.6) is 0 Å². The molecule has 5 nitrogen and oxygen atoms in total. The van der Waals surface area contributed by atoms with E-state index < -0.39 is 0 Å². The number of nitrogens with one attached hydrogen (secondary N) is 2. The van der Waals surface area contributed by atoms with Crippen LogP contribution in [0.25, 0.3) is 0 Å². The van der Waals surface area contributed by atoms with Crippen LogP contribution in [-0.2, 0) is 0 Å². The van der Waals surface area contributed by atoms with Crippen LogP contribution in [0.3, 0.4) is 0 Å². The second-order valence-corrected chi connectivity index (χ2v) is 5.77. The highest BCUT2D eigenvalue weighted by Crippen LogP contribution is 2.28. The third kappa shape index (κ3) is 3.59. The van der Waals surface area contributed by atoms with E-state index in [1.165, 1.54) is 25.7 Å². The lowest BCUT2D eigenvalue weighted by atomic mass is 9.95. The molecule has 0 aliphatic heterocycles. The minimum Gasteiger partial charge on any atom is -0.365 e. The Morgan fingerprint density at radius 3 is 2.74 bits per heavy atom. The summed E-state index contributed by atoms with van der Waals surface area (Å²) in [5.41, 5.74) is 0.345. The standard InChI is InChI=1S/C13H20N4OS/c1-14-13(18)10-7-8-12(17-16-10)15-9-5-3-4-6-11(9)19-2/h7-9,11H,3-6H2,1-2H3,(H,14,18)(H,15,17). The Morgan fingerprint density at radius 2 is 2.11 bits per heavy atom. The second-order valence-electron chi connectivity index (χ2n) is 4.69. The van der Waals surface area contributed by atoms with Crippen LogP contribution in [0, 0.1) is 0 Å². The molecular formula is C13H20N4OS. The highest BCUT2D eigenvalue weighted by atomic mass is 32.2. The van der Waals surface area contributed by atoms with Gasteiger partial charge in [-0.2, -0.15) is 11.8 Å². The highest BCUT2D eigenvalue weighted by Gasteiger charge is 2.24. The van der Waals surface area contributed by atoms with E-state index in [-0.39, 0.29) is 5.91 Å². The maximum Gasteiger partial charge on any atom is 0.271 e. The Hall–Kier alpha value is -1.30. The molecular weight excluding hydrogens is 260 g/mol. The first kappa shape index (κ1) is 14.1. The molecule has 1 aromatic rings. The van der Waals surface area contributed by atoms with Crippen molar-refractivity contribution < 1.29 is 4.79 Å². The molecule has 1 fully saturated rings. The third-order valence-electron chi connectivity index (χ3n) is 3.46. The number of aromatic nitrogens is 2. The lowest BCUT2D eigenvalue weighted by Crippen LogP contribution is -2.34. The van der Waals surface area contributed by atoms with Crippen LogP contribution in [-0.4, -0.2) is 40.7 Å². The average molecular weight is 280 g/mol. The van der Waals surface area contributed by atoms with E-state index in [1.54, 1.807) is 13.1 Å². The molecule has 1 heterocycles. The fourth-order valence-corrected chi connectivity index (χ4v) is 3.33. The van der Waals surface area contributed by atoms with Crippen LogP contribution in [0.15, 0.2) is 12.1 Å². The Balaban J connectivity index is 2.00. The molecule has 1 amide bonds. The van der Waals surface area contributed by atoms with Gasteiger partial charge in [-0.05, 0) is 31.2 Å². The smallest absolute Gasteiger partial charge is 0.271 e. The minimum atomic E-state index is -0.210. The number of anilines is 1. The highest BCUT2D eigenvalue weighted by molar-refractivity contribution is 7.99. The summed E-state index contributed by atoms with van der Waals surface area (Å²) in [4.78, 5) is 11.4. The fraction of sp³-hybridized carbons (Fsp3) is 0.615. The summed E-state index contributed by atoms with van der Waals surface area (Å²) in [6, 6.07) is 3.97. The van der Waals surface area contributed by atoms with Gasteiger partial charge in [0.15, 0.2) is 5.69 Å². The largest absolute Gasteiger partial charge is 0.365 e. The maximum absolute atomic E-state index is 11.4. The maximum atomic E-state index is 11.4. The zero-order chi connectivity index (χ0) is 13.7. The number of carbonyl (C=O) groups excluding carboxylic acids is 1. The van der Waals surface area contributed by atoms with Crippen LogP contribution in [0.2, 0.25) is 0 Å². The summed E-state index contributed by atoms with van der Waals surface area (Å²) in [5, 5.41) is 14.6. The molecule has 2 rings (SSSR count). The molecule has 0 saturated heterocycles. The van der Waals surface area contributed by atoms with Crippen molar-refractivity contribution in [3.05, 3.63) is 17.8 Å². The van der Waals surface area contributed by atoms with Gasteiger partial charge in [-0.1, -0.05) is 12.8 Å².